The van der Waals surface area contributed by atoms with Gasteiger partial charge in [0.1, 0.15) is 5.78 Å². The second-order valence-corrected chi connectivity index (χ2v) is 2.77. The average molecular weight is 128 g/mol. The third kappa shape index (κ3) is 1.52. The zero-order valence-corrected chi connectivity index (χ0v) is 5.63. The Morgan fingerprint density at radius 3 is 2.44 bits per heavy atom. The number of aliphatic hydroxyl groups excluding tert-OH is 1. The third-order valence-electron chi connectivity index (χ3n) is 1.98. The topological polar surface area (TPSA) is 37.3 Å². The Kier molecular flexibility index (Phi) is 1.86. The summed E-state index contributed by atoms with van der Waals surface area (Å²) in [6.45, 7) is 1.60. The van der Waals surface area contributed by atoms with Crippen molar-refractivity contribution in [2.75, 3.05) is 0 Å². The average Bonchev–Trinajstić information content (AvgIpc) is 2.14. The minimum absolute atomic E-state index is 0.153. The zero-order valence-electron chi connectivity index (χ0n) is 5.63. The molecule has 1 aliphatic rings. The second-order valence-electron chi connectivity index (χ2n) is 2.77. The molecule has 0 bridgehead atoms. The van der Waals surface area contributed by atoms with E-state index >= 15 is 0 Å². The van der Waals surface area contributed by atoms with Crippen LogP contribution in [0.5, 0.6) is 0 Å². The number of rotatable bonds is 1. The summed E-state index contributed by atoms with van der Waals surface area (Å²) in [6, 6.07) is 0. The largest absolute Gasteiger partial charge is 0.393 e. The van der Waals surface area contributed by atoms with Crippen LogP contribution >= 0.6 is 0 Å². The van der Waals surface area contributed by atoms with Crippen LogP contribution in [-0.4, -0.2) is 17.0 Å². The molecule has 2 nitrogen and oxygen atoms in total. The van der Waals surface area contributed by atoms with Crippen LogP contribution in [-0.2, 0) is 4.79 Å². The van der Waals surface area contributed by atoms with E-state index in [1.54, 1.807) is 6.92 Å². The molecule has 52 valence electrons. The molecule has 0 radical (unpaired) electrons. The molecule has 0 saturated heterocycles. The standard InChI is InChI=1S/C7H12O2/c1-5(8)6-2-3-7(9)4-6/h6-7,9H,2-4H2,1H3/t6?,7-/m0/s1. The summed E-state index contributed by atoms with van der Waals surface area (Å²) in [5, 5.41) is 9.00. The van der Waals surface area contributed by atoms with Gasteiger partial charge in [-0.1, -0.05) is 0 Å². The molecule has 1 aliphatic carbocycles. The zero-order chi connectivity index (χ0) is 6.85. The predicted molar refractivity (Wildman–Crippen MR) is 34.0 cm³/mol. The summed E-state index contributed by atoms with van der Waals surface area (Å²) in [5.41, 5.74) is 0. The van der Waals surface area contributed by atoms with Crippen LogP contribution in [0.15, 0.2) is 0 Å². The van der Waals surface area contributed by atoms with Crippen molar-refractivity contribution in [3.63, 3.8) is 0 Å². The van der Waals surface area contributed by atoms with Gasteiger partial charge in [-0.3, -0.25) is 4.79 Å². The molecule has 0 aliphatic heterocycles. The number of aliphatic hydroxyl groups is 1. The van der Waals surface area contributed by atoms with Crippen molar-refractivity contribution >= 4 is 5.78 Å². The highest BCUT2D eigenvalue weighted by atomic mass is 16.3. The van der Waals surface area contributed by atoms with E-state index in [9.17, 15) is 4.79 Å². The van der Waals surface area contributed by atoms with Crippen LogP contribution in [0, 0.1) is 5.92 Å². The minimum Gasteiger partial charge on any atom is -0.393 e. The summed E-state index contributed by atoms with van der Waals surface area (Å²) in [7, 11) is 0. The molecule has 0 spiro atoms. The first-order valence-corrected chi connectivity index (χ1v) is 3.38. The van der Waals surface area contributed by atoms with E-state index in [0.29, 0.717) is 6.42 Å². The van der Waals surface area contributed by atoms with Gasteiger partial charge >= 0.3 is 0 Å². The van der Waals surface area contributed by atoms with Crippen molar-refractivity contribution < 1.29 is 9.90 Å². The number of Topliss-reactive ketones (excluding diaryl/α,β-unsaturated/α-hetero) is 1. The molecule has 0 heterocycles. The molecule has 9 heavy (non-hydrogen) atoms. The first-order valence-electron chi connectivity index (χ1n) is 3.38. The van der Waals surface area contributed by atoms with E-state index in [1.165, 1.54) is 0 Å². The predicted octanol–water partition coefficient (Wildman–Crippen LogP) is 0.736. The van der Waals surface area contributed by atoms with Crippen LogP contribution in [0.25, 0.3) is 0 Å². The van der Waals surface area contributed by atoms with Gasteiger partial charge in [0, 0.05) is 5.92 Å². The van der Waals surface area contributed by atoms with Gasteiger partial charge in [0.15, 0.2) is 0 Å². The molecule has 1 unspecified atom stereocenters. The van der Waals surface area contributed by atoms with Gasteiger partial charge in [0.25, 0.3) is 0 Å². The monoisotopic (exact) mass is 128 g/mol. The first-order chi connectivity index (χ1) is 4.20. The summed E-state index contributed by atoms with van der Waals surface area (Å²) >= 11 is 0. The Hall–Kier alpha value is -0.370. The fraction of sp³-hybridized carbons (Fsp3) is 0.857. The Balaban J connectivity index is 2.39. The van der Waals surface area contributed by atoms with Crippen LogP contribution in [0.3, 0.4) is 0 Å². The van der Waals surface area contributed by atoms with Gasteiger partial charge in [-0.15, -0.1) is 0 Å². The van der Waals surface area contributed by atoms with Crippen molar-refractivity contribution in [2.45, 2.75) is 32.3 Å². The van der Waals surface area contributed by atoms with E-state index in [2.05, 4.69) is 0 Å². The fourth-order valence-electron chi connectivity index (χ4n) is 1.33. The Morgan fingerprint density at radius 1 is 1.56 bits per heavy atom. The molecule has 1 N–H and O–H groups in total. The van der Waals surface area contributed by atoms with Crippen molar-refractivity contribution in [1.82, 2.24) is 0 Å². The van der Waals surface area contributed by atoms with E-state index in [1.807, 2.05) is 0 Å². The van der Waals surface area contributed by atoms with E-state index in [-0.39, 0.29) is 17.8 Å². The lowest BCUT2D eigenvalue weighted by molar-refractivity contribution is -0.120. The maximum atomic E-state index is 10.7. The molecule has 2 atom stereocenters. The van der Waals surface area contributed by atoms with Crippen molar-refractivity contribution in [3.8, 4) is 0 Å². The Labute approximate surface area is 54.9 Å². The molecule has 1 rings (SSSR count). The Morgan fingerprint density at radius 2 is 2.22 bits per heavy atom. The minimum atomic E-state index is -0.209. The normalized spacial score (nSPS) is 34.9. The SMILES string of the molecule is CC(=O)C1CC[C@H](O)C1. The lowest BCUT2D eigenvalue weighted by Crippen LogP contribution is -2.07. The lowest BCUT2D eigenvalue weighted by Gasteiger charge is -2.01. The van der Waals surface area contributed by atoms with Gasteiger partial charge in [-0.25, -0.2) is 0 Å². The molecule has 1 saturated carbocycles. The maximum Gasteiger partial charge on any atom is 0.133 e. The highest BCUT2D eigenvalue weighted by Crippen LogP contribution is 2.25. The van der Waals surface area contributed by atoms with Crippen LogP contribution in [0.4, 0.5) is 0 Å². The maximum absolute atomic E-state index is 10.7. The van der Waals surface area contributed by atoms with E-state index < -0.39 is 0 Å². The molecule has 1 fully saturated rings. The van der Waals surface area contributed by atoms with Crippen molar-refractivity contribution in [3.05, 3.63) is 0 Å². The molecule has 0 amide bonds. The first kappa shape index (κ1) is 6.75. The number of carbonyl (C=O) groups is 1. The number of ketones is 1. The molecular weight excluding hydrogens is 116 g/mol. The Bertz CT molecular complexity index is 120. The quantitative estimate of drug-likeness (QED) is 0.565. The third-order valence-corrected chi connectivity index (χ3v) is 1.98. The van der Waals surface area contributed by atoms with E-state index in [0.717, 1.165) is 12.8 Å². The highest BCUT2D eigenvalue weighted by molar-refractivity contribution is 5.78. The lowest BCUT2D eigenvalue weighted by atomic mass is 10.0. The second kappa shape index (κ2) is 2.48. The molecule has 2 heteroatoms. The molecular formula is C7H12O2. The molecule has 0 aromatic carbocycles. The summed E-state index contributed by atoms with van der Waals surface area (Å²) in [6.07, 6.45) is 2.18. The summed E-state index contributed by atoms with van der Waals surface area (Å²) < 4.78 is 0. The summed E-state index contributed by atoms with van der Waals surface area (Å²) in [4.78, 5) is 10.7. The number of hydrogen-bond donors (Lipinski definition) is 1. The van der Waals surface area contributed by atoms with Crippen LogP contribution < -0.4 is 0 Å². The highest BCUT2D eigenvalue weighted by Gasteiger charge is 2.25. The van der Waals surface area contributed by atoms with Gasteiger partial charge in [-0.05, 0) is 26.2 Å². The molecule has 0 aromatic rings. The number of carbonyl (C=O) groups excluding carboxylic acids is 1. The summed E-state index contributed by atoms with van der Waals surface area (Å²) in [5.74, 6) is 0.381. The van der Waals surface area contributed by atoms with Gasteiger partial charge in [0.05, 0.1) is 6.10 Å². The smallest absolute Gasteiger partial charge is 0.133 e. The van der Waals surface area contributed by atoms with Crippen LogP contribution in [0.2, 0.25) is 0 Å². The van der Waals surface area contributed by atoms with Crippen molar-refractivity contribution in [1.29, 1.82) is 0 Å². The van der Waals surface area contributed by atoms with E-state index in [4.69, 9.17) is 5.11 Å². The fourth-order valence-corrected chi connectivity index (χ4v) is 1.33. The van der Waals surface area contributed by atoms with Crippen LogP contribution in [0.1, 0.15) is 26.2 Å². The van der Waals surface area contributed by atoms with Gasteiger partial charge in [0.2, 0.25) is 0 Å². The van der Waals surface area contributed by atoms with Gasteiger partial charge < -0.3 is 5.11 Å². The number of hydrogen-bond acceptors (Lipinski definition) is 2. The van der Waals surface area contributed by atoms with Gasteiger partial charge in [-0.2, -0.15) is 0 Å². The molecule has 0 aromatic heterocycles. The van der Waals surface area contributed by atoms with Crippen molar-refractivity contribution in [2.24, 2.45) is 5.92 Å².